The maximum atomic E-state index is 12.4. The number of aromatic nitrogens is 3. The molecule has 0 bridgehead atoms. The maximum absolute atomic E-state index is 12.4. The Labute approximate surface area is 340 Å². The number of ether oxygens (including phenoxy) is 2. The summed E-state index contributed by atoms with van der Waals surface area (Å²) in [6.07, 6.45) is 13.6. The van der Waals surface area contributed by atoms with E-state index in [0.29, 0.717) is 24.3 Å². The van der Waals surface area contributed by atoms with E-state index in [1.165, 1.54) is 51.4 Å². The number of fused-ring (bicyclic) bond motifs is 1. The molecule has 0 saturated heterocycles. The summed E-state index contributed by atoms with van der Waals surface area (Å²) in [5.41, 5.74) is 3.60. The van der Waals surface area contributed by atoms with Crippen molar-refractivity contribution < 1.29 is 28.8 Å². The first-order valence-electron chi connectivity index (χ1n) is 20.8. The highest BCUT2D eigenvalue weighted by Gasteiger charge is 2.29. The van der Waals surface area contributed by atoms with Gasteiger partial charge in [0.05, 0.1) is 24.3 Å². The Bertz CT molecular complexity index is 1690. The van der Waals surface area contributed by atoms with E-state index in [-0.39, 0.29) is 0 Å². The molecular weight excluding hydrogens is 715 g/mol. The third-order valence-electron chi connectivity index (χ3n) is 9.45. The number of hydrogen-bond donors (Lipinski definition) is 1. The van der Waals surface area contributed by atoms with Crippen molar-refractivity contribution in [2.24, 2.45) is 0 Å². The molecule has 0 amide bonds. The van der Waals surface area contributed by atoms with Crippen molar-refractivity contribution in [3.63, 3.8) is 0 Å². The van der Waals surface area contributed by atoms with E-state index in [2.05, 4.69) is 29.3 Å². The summed E-state index contributed by atoms with van der Waals surface area (Å²) < 4.78 is 10.7. The molecule has 5 aromatic rings. The van der Waals surface area contributed by atoms with Crippen LogP contribution in [0.2, 0.25) is 0 Å². The largest absolute Gasteiger partial charge is 0.462 e. The summed E-state index contributed by atoms with van der Waals surface area (Å²) in [6.45, 7) is 13.2. The number of esters is 2. The van der Waals surface area contributed by atoms with Gasteiger partial charge in [-0.3, -0.25) is 0 Å². The molecule has 9 heteroatoms. The molecule has 0 unspecified atom stereocenters. The molecule has 0 aliphatic carbocycles. The minimum Gasteiger partial charge on any atom is -0.462 e. The average Bonchev–Trinajstić information content (AvgIpc) is 3.73. The number of carbonyl (C=O) groups excluding carboxylic acids is 2. The van der Waals surface area contributed by atoms with Gasteiger partial charge in [-0.15, -0.1) is 0 Å². The Hall–Kier alpha value is -4.86. The highest BCUT2D eigenvalue weighted by molar-refractivity contribution is 6.03. The summed E-state index contributed by atoms with van der Waals surface area (Å²) in [5, 5.41) is 10.3. The van der Waals surface area contributed by atoms with Crippen LogP contribution in [0.4, 0.5) is 0 Å². The van der Waals surface area contributed by atoms with Crippen molar-refractivity contribution in [2.75, 3.05) is 13.2 Å². The fourth-order valence-electron chi connectivity index (χ4n) is 5.86. The zero-order chi connectivity index (χ0) is 41.2. The SMILES string of the molecule is CC(C)(OOC(C)(C)c1ccccc1)c1ccccc1.CCCCCCCCOC(=O)c1ccccc1C(=O)OCCCCCCCC.c1ccc2n[nH]nc2c1. The number of aromatic amines is 1. The van der Waals surface area contributed by atoms with Gasteiger partial charge < -0.3 is 9.47 Å². The van der Waals surface area contributed by atoms with Gasteiger partial charge in [0.1, 0.15) is 22.2 Å². The number of nitrogens with zero attached hydrogens (tertiary/aromatic N) is 2. The topological polar surface area (TPSA) is 113 Å². The Morgan fingerprint density at radius 3 is 1.19 bits per heavy atom. The number of para-hydroxylation sites is 2. The predicted molar refractivity (Wildman–Crippen MR) is 229 cm³/mol. The van der Waals surface area contributed by atoms with Gasteiger partial charge in [-0.25, -0.2) is 19.4 Å². The van der Waals surface area contributed by atoms with Gasteiger partial charge in [0.15, 0.2) is 0 Å². The molecule has 1 N–H and O–H groups in total. The number of benzene rings is 4. The second kappa shape index (κ2) is 26.1. The first kappa shape index (κ1) is 46.5. The molecule has 5 rings (SSSR count). The van der Waals surface area contributed by atoms with Gasteiger partial charge in [-0.05, 0) is 75.9 Å². The van der Waals surface area contributed by atoms with Crippen LogP contribution < -0.4 is 0 Å². The molecule has 0 atom stereocenters. The molecule has 0 spiro atoms. The highest BCUT2D eigenvalue weighted by Crippen LogP contribution is 2.31. The summed E-state index contributed by atoms with van der Waals surface area (Å²) in [4.78, 5) is 36.2. The van der Waals surface area contributed by atoms with Crippen molar-refractivity contribution in [3.8, 4) is 0 Å². The van der Waals surface area contributed by atoms with E-state index in [0.717, 1.165) is 47.8 Å². The van der Waals surface area contributed by atoms with Gasteiger partial charge in [0.2, 0.25) is 0 Å². The number of H-pyrrole nitrogens is 1. The van der Waals surface area contributed by atoms with Crippen LogP contribution >= 0.6 is 0 Å². The van der Waals surface area contributed by atoms with Gasteiger partial charge in [-0.1, -0.05) is 163 Å². The van der Waals surface area contributed by atoms with E-state index < -0.39 is 23.1 Å². The third-order valence-corrected chi connectivity index (χ3v) is 9.45. The number of unbranched alkanes of at least 4 members (excludes halogenated alkanes) is 10. The number of nitrogens with one attached hydrogen (secondary N) is 1. The van der Waals surface area contributed by atoms with Crippen LogP contribution in [0.5, 0.6) is 0 Å². The maximum Gasteiger partial charge on any atom is 0.339 e. The lowest BCUT2D eigenvalue weighted by Crippen LogP contribution is -2.29. The Morgan fingerprint density at radius 1 is 0.474 bits per heavy atom. The van der Waals surface area contributed by atoms with Crippen LogP contribution in [-0.2, 0) is 30.5 Å². The number of rotatable bonds is 21. The molecule has 308 valence electrons. The zero-order valence-electron chi connectivity index (χ0n) is 35.1. The van der Waals surface area contributed by atoms with E-state index in [4.69, 9.17) is 19.2 Å². The van der Waals surface area contributed by atoms with Crippen molar-refractivity contribution in [3.05, 3.63) is 131 Å². The summed E-state index contributed by atoms with van der Waals surface area (Å²) in [6, 6.07) is 34.6. The number of hydrogen-bond acceptors (Lipinski definition) is 8. The minimum atomic E-state index is -0.493. The second-order valence-electron chi connectivity index (χ2n) is 15.1. The summed E-state index contributed by atoms with van der Waals surface area (Å²) in [5.74, 6) is -0.888. The van der Waals surface area contributed by atoms with Crippen LogP contribution in [0.1, 0.15) is 150 Å². The number of carbonyl (C=O) groups is 2. The van der Waals surface area contributed by atoms with Crippen LogP contribution in [0.25, 0.3) is 11.0 Å². The normalized spacial score (nSPS) is 11.2. The summed E-state index contributed by atoms with van der Waals surface area (Å²) >= 11 is 0. The molecule has 0 saturated carbocycles. The molecule has 0 fully saturated rings. The molecule has 0 aliphatic rings. The van der Waals surface area contributed by atoms with E-state index in [1.807, 2.05) is 113 Å². The highest BCUT2D eigenvalue weighted by atomic mass is 17.2. The Kier molecular flexibility index (Phi) is 21.3. The molecule has 1 heterocycles. The first-order chi connectivity index (χ1) is 27.6. The van der Waals surface area contributed by atoms with Crippen LogP contribution in [0.15, 0.2) is 109 Å². The van der Waals surface area contributed by atoms with E-state index in [1.54, 1.807) is 24.3 Å². The van der Waals surface area contributed by atoms with Gasteiger partial charge in [-0.2, -0.15) is 15.4 Å². The quantitative estimate of drug-likeness (QED) is 0.0339. The molecule has 9 nitrogen and oxygen atoms in total. The van der Waals surface area contributed by atoms with Crippen molar-refractivity contribution in [1.82, 2.24) is 15.4 Å². The fourth-order valence-corrected chi connectivity index (χ4v) is 5.86. The molecular formula is C48H65N3O6. The van der Waals surface area contributed by atoms with Crippen molar-refractivity contribution in [2.45, 2.75) is 130 Å². The van der Waals surface area contributed by atoms with Gasteiger partial charge in [0, 0.05) is 0 Å². The lowest BCUT2D eigenvalue weighted by Gasteiger charge is -2.31. The Balaban J connectivity index is 0.000000257. The lowest BCUT2D eigenvalue weighted by molar-refractivity contribution is -0.410. The zero-order valence-corrected chi connectivity index (χ0v) is 35.1. The monoisotopic (exact) mass is 779 g/mol. The minimum absolute atomic E-state index is 0.293. The van der Waals surface area contributed by atoms with E-state index in [9.17, 15) is 9.59 Å². The van der Waals surface area contributed by atoms with Crippen molar-refractivity contribution in [1.29, 1.82) is 0 Å². The molecule has 4 aromatic carbocycles. The molecule has 0 aliphatic heterocycles. The molecule has 0 radical (unpaired) electrons. The molecule has 1 aromatic heterocycles. The predicted octanol–water partition coefficient (Wildman–Crippen LogP) is 12.5. The van der Waals surface area contributed by atoms with Crippen LogP contribution in [-0.4, -0.2) is 40.6 Å². The third kappa shape index (κ3) is 17.4. The smallest absolute Gasteiger partial charge is 0.339 e. The summed E-state index contributed by atoms with van der Waals surface area (Å²) in [7, 11) is 0. The Morgan fingerprint density at radius 2 is 0.807 bits per heavy atom. The standard InChI is InChI=1S/C24H38O4.C18H22O2.C6H5N3/c1-3-5-7-9-11-15-19-27-23(25)21-17-13-14-18-22(21)24(26)28-20-16-12-10-8-6-4-2;1-17(2,15-11-7-5-8-12-15)19-20-18(3,4)16-13-9-6-10-14-16;1-2-4-6-5(3-1)7-9-8-6/h13-14,17-18H,3-12,15-16,19-20H2,1-2H3;5-14H,1-4H3;1-4H,(H,7,8,9). The second-order valence-corrected chi connectivity index (χ2v) is 15.1. The van der Waals surface area contributed by atoms with Crippen LogP contribution in [0.3, 0.4) is 0 Å². The van der Waals surface area contributed by atoms with Gasteiger partial charge >= 0.3 is 11.9 Å². The van der Waals surface area contributed by atoms with E-state index >= 15 is 0 Å². The van der Waals surface area contributed by atoms with Crippen molar-refractivity contribution >= 4 is 23.0 Å². The van der Waals surface area contributed by atoms with Crippen LogP contribution in [0, 0.1) is 0 Å². The lowest BCUT2D eigenvalue weighted by atomic mass is 9.98. The van der Waals surface area contributed by atoms with Gasteiger partial charge in [0.25, 0.3) is 0 Å². The average molecular weight is 780 g/mol. The fraction of sp³-hybridized carbons (Fsp3) is 0.458. The first-order valence-corrected chi connectivity index (χ1v) is 20.8. The molecule has 57 heavy (non-hydrogen) atoms.